The first-order chi connectivity index (χ1) is 17.6. The van der Waals surface area contributed by atoms with Gasteiger partial charge in [0.15, 0.2) is 0 Å². The van der Waals surface area contributed by atoms with E-state index in [-0.39, 0.29) is 11.8 Å². The van der Waals surface area contributed by atoms with Crippen molar-refractivity contribution in [3.8, 4) is 0 Å². The van der Waals surface area contributed by atoms with Crippen LogP contribution >= 0.6 is 0 Å². The standard InChI is InChI=1S/C28H34N6O2/c1-36-32-27(25-7-6-21-4-2-3-5-24(21)31-25)22-11-16-34(17-12-22)28(35)23-9-14-33(15-10-23)19-20-8-13-30-26(29)18-20/h2-8,13,18,22-23H,9-12,14-17,19H2,1H3,(H2,29,30). The lowest BCUT2D eigenvalue weighted by Gasteiger charge is -2.37. The SMILES string of the molecule is CON=C(c1ccc2ccccc2n1)C1CCN(C(=O)C2CCN(Cc3ccnc(N)c3)CC2)CC1. The van der Waals surface area contributed by atoms with Gasteiger partial charge in [0.05, 0.1) is 11.2 Å². The summed E-state index contributed by atoms with van der Waals surface area (Å²) in [5.41, 5.74) is 9.66. The third-order valence-electron chi connectivity index (χ3n) is 7.43. The second kappa shape index (κ2) is 11.0. The first-order valence-electron chi connectivity index (χ1n) is 12.8. The number of hydrogen-bond donors (Lipinski definition) is 1. The van der Waals surface area contributed by atoms with Gasteiger partial charge in [-0.3, -0.25) is 9.69 Å². The molecule has 4 heterocycles. The third kappa shape index (κ3) is 5.49. The van der Waals surface area contributed by atoms with Gasteiger partial charge in [0.25, 0.3) is 0 Å². The van der Waals surface area contributed by atoms with Gasteiger partial charge in [-0.1, -0.05) is 29.4 Å². The molecule has 2 aliphatic rings. The van der Waals surface area contributed by atoms with Crippen LogP contribution in [0, 0.1) is 11.8 Å². The third-order valence-corrected chi connectivity index (χ3v) is 7.43. The van der Waals surface area contributed by atoms with Crippen LogP contribution in [0.25, 0.3) is 10.9 Å². The van der Waals surface area contributed by atoms with Crippen LogP contribution in [0.2, 0.25) is 0 Å². The molecule has 3 aromatic rings. The molecule has 0 spiro atoms. The number of carbonyl (C=O) groups excluding carboxylic acids is 1. The monoisotopic (exact) mass is 486 g/mol. The van der Waals surface area contributed by atoms with Crippen molar-refractivity contribution in [2.75, 3.05) is 39.0 Å². The number of likely N-dealkylation sites (tertiary alicyclic amines) is 2. The number of nitrogens with zero attached hydrogens (tertiary/aromatic N) is 5. The molecular formula is C28H34N6O2. The van der Waals surface area contributed by atoms with Crippen molar-refractivity contribution < 1.29 is 9.63 Å². The summed E-state index contributed by atoms with van der Waals surface area (Å²) in [6, 6.07) is 16.1. The fraction of sp³-hybridized carbons (Fsp3) is 0.429. The van der Waals surface area contributed by atoms with E-state index in [1.807, 2.05) is 36.4 Å². The smallest absolute Gasteiger partial charge is 0.225 e. The van der Waals surface area contributed by atoms with Gasteiger partial charge < -0.3 is 15.5 Å². The maximum atomic E-state index is 13.3. The highest BCUT2D eigenvalue weighted by molar-refractivity contribution is 6.02. The minimum Gasteiger partial charge on any atom is -0.399 e. The lowest BCUT2D eigenvalue weighted by molar-refractivity contribution is -0.138. The Morgan fingerprint density at radius 1 is 1.03 bits per heavy atom. The predicted octanol–water partition coefficient (Wildman–Crippen LogP) is 3.71. The van der Waals surface area contributed by atoms with E-state index in [2.05, 4.69) is 32.1 Å². The Hall–Kier alpha value is -3.52. The normalized spacial score (nSPS) is 18.5. The lowest BCUT2D eigenvalue weighted by Crippen LogP contribution is -2.46. The number of benzene rings is 1. The number of pyridine rings is 2. The molecule has 1 amide bonds. The Labute approximate surface area is 212 Å². The molecule has 0 bridgehead atoms. The van der Waals surface area contributed by atoms with Crippen LogP contribution in [0.4, 0.5) is 5.82 Å². The van der Waals surface area contributed by atoms with Crippen LogP contribution in [0.15, 0.2) is 59.9 Å². The van der Waals surface area contributed by atoms with Crippen molar-refractivity contribution in [2.24, 2.45) is 17.0 Å². The predicted molar refractivity (Wildman–Crippen MR) is 141 cm³/mol. The van der Waals surface area contributed by atoms with Gasteiger partial charge >= 0.3 is 0 Å². The number of rotatable bonds is 6. The molecule has 0 saturated carbocycles. The number of para-hydroxylation sites is 1. The molecule has 2 aromatic heterocycles. The molecule has 2 aliphatic heterocycles. The first-order valence-corrected chi connectivity index (χ1v) is 12.8. The van der Waals surface area contributed by atoms with Crippen molar-refractivity contribution in [3.63, 3.8) is 0 Å². The van der Waals surface area contributed by atoms with Crippen LogP contribution in [0.5, 0.6) is 0 Å². The van der Waals surface area contributed by atoms with Gasteiger partial charge in [0.1, 0.15) is 18.6 Å². The van der Waals surface area contributed by atoms with Crippen molar-refractivity contribution in [1.29, 1.82) is 0 Å². The molecule has 5 rings (SSSR count). The molecule has 0 aliphatic carbocycles. The molecule has 8 nitrogen and oxygen atoms in total. The Morgan fingerprint density at radius 3 is 2.53 bits per heavy atom. The first kappa shape index (κ1) is 24.2. The molecule has 1 aromatic carbocycles. The molecule has 188 valence electrons. The van der Waals surface area contributed by atoms with Crippen molar-refractivity contribution in [3.05, 3.63) is 66.0 Å². The number of aromatic nitrogens is 2. The van der Waals surface area contributed by atoms with Crippen LogP contribution in [-0.4, -0.2) is 64.7 Å². The summed E-state index contributed by atoms with van der Waals surface area (Å²) >= 11 is 0. The van der Waals surface area contributed by atoms with Crippen LogP contribution in [-0.2, 0) is 16.2 Å². The minimum atomic E-state index is 0.106. The number of oxime groups is 1. The van der Waals surface area contributed by atoms with Crippen molar-refractivity contribution in [1.82, 2.24) is 19.8 Å². The van der Waals surface area contributed by atoms with E-state index in [0.717, 1.165) is 80.7 Å². The number of fused-ring (bicyclic) bond motifs is 1. The summed E-state index contributed by atoms with van der Waals surface area (Å²) in [5, 5.41) is 5.47. The largest absolute Gasteiger partial charge is 0.399 e. The van der Waals surface area contributed by atoms with E-state index in [1.54, 1.807) is 13.3 Å². The van der Waals surface area contributed by atoms with Crippen LogP contribution in [0.3, 0.4) is 0 Å². The number of amides is 1. The van der Waals surface area contributed by atoms with Gasteiger partial charge in [-0.15, -0.1) is 0 Å². The topological polar surface area (TPSA) is 96.9 Å². The fourth-order valence-corrected chi connectivity index (χ4v) is 5.46. The Bertz CT molecular complexity index is 1230. The summed E-state index contributed by atoms with van der Waals surface area (Å²) in [5.74, 6) is 1.18. The average Bonchev–Trinajstić information content (AvgIpc) is 2.92. The fourth-order valence-electron chi connectivity index (χ4n) is 5.46. The van der Waals surface area contributed by atoms with E-state index in [1.165, 1.54) is 5.56 Å². The summed E-state index contributed by atoms with van der Waals surface area (Å²) < 4.78 is 0. The van der Waals surface area contributed by atoms with Crippen molar-refractivity contribution in [2.45, 2.75) is 32.2 Å². The van der Waals surface area contributed by atoms with E-state index in [9.17, 15) is 4.79 Å². The van der Waals surface area contributed by atoms with E-state index in [0.29, 0.717) is 11.7 Å². The van der Waals surface area contributed by atoms with Gasteiger partial charge in [0, 0.05) is 43.1 Å². The van der Waals surface area contributed by atoms with E-state index >= 15 is 0 Å². The highest BCUT2D eigenvalue weighted by Crippen LogP contribution is 2.27. The Kier molecular flexibility index (Phi) is 7.41. The second-order valence-corrected chi connectivity index (χ2v) is 9.79. The maximum Gasteiger partial charge on any atom is 0.225 e. The lowest BCUT2D eigenvalue weighted by atomic mass is 9.88. The number of nitrogens with two attached hydrogens (primary N) is 1. The maximum absolute atomic E-state index is 13.3. The number of piperidine rings is 2. The number of nitrogen functional groups attached to an aromatic ring is 1. The zero-order chi connectivity index (χ0) is 24.9. The van der Waals surface area contributed by atoms with Crippen molar-refractivity contribution >= 4 is 28.3 Å². The summed E-state index contributed by atoms with van der Waals surface area (Å²) in [7, 11) is 1.58. The molecule has 2 fully saturated rings. The number of hydrogen-bond acceptors (Lipinski definition) is 7. The summed E-state index contributed by atoms with van der Waals surface area (Å²) in [4.78, 5) is 31.9. The van der Waals surface area contributed by atoms with E-state index in [4.69, 9.17) is 15.6 Å². The van der Waals surface area contributed by atoms with Crippen LogP contribution in [0.1, 0.15) is 36.9 Å². The molecule has 0 unspecified atom stereocenters. The highest BCUT2D eigenvalue weighted by Gasteiger charge is 2.33. The Morgan fingerprint density at radius 2 is 1.78 bits per heavy atom. The molecule has 2 saturated heterocycles. The zero-order valence-corrected chi connectivity index (χ0v) is 20.8. The zero-order valence-electron chi connectivity index (χ0n) is 20.8. The Balaban J connectivity index is 1.15. The van der Waals surface area contributed by atoms with Gasteiger partial charge in [0.2, 0.25) is 5.91 Å². The molecule has 2 N–H and O–H groups in total. The summed E-state index contributed by atoms with van der Waals surface area (Å²) in [6.07, 6.45) is 5.28. The molecular weight excluding hydrogens is 452 g/mol. The average molecular weight is 487 g/mol. The molecule has 0 atom stereocenters. The number of carbonyl (C=O) groups is 1. The quantitative estimate of drug-likeness (QED) is 0.421. The number of anilines is 1. The molecule has 0 radical (unpaired) electrons. The highest BCUT2D eigenvalue weighted by atomic mass is 16.6. The summed E-state index contributed by atoms with van der Waals surface area (Å²) in [6.45, 7) is 4.19. The van der Waals surface area contributed by atoms with E-state index < -0.39 is 0 Å². The minimum absolute atomic E-state index is 0.106. The van der Waals surface area contributed by atoms with Crippen LogP contribution < -0.4 is 5.73 Å². The van der Waals surface area contributed by atoms with Gasteiger partial charge in [-0.05, 0) is 68.6 Å². The van der Waals surface area contributed by atoms with Gasteiger partial charge in [-0.2, -0.15) is 0 Å². The van der Waals surface area contributed by atoms with Gasteiger partial charge in [-0.25, -0.2) is 9.97 Å². The molecule has 8 heteroatoms. The molecule has 36 heavy (non-hydrogen) atoms. The second-order valence-electron chi connectivity index (χ2n) is 9.79.